The van der Waals surface area contributed by atoms with Crippen LogP contribution in [-0.2, 0) is 25.6 Å². The maximum atomic E-state index is 12.5. The Balaban J connectivity index is 1.74. The van der Waals surface area contributed by atoms with Crippen molar-refractivity contribution in [3.63, 3.8) is 0 Å². The SMILES string of the molecule is COCCCNC(=O)Cn1cc(/C=C(/C#N)C(=O)NCC2CCCO2)c2ccccc21. The van der Waals surface area contributed by atoms with Crippen molar-refractivity contribution in [2.45, 2.75) is 31.9 Å². The lowest BCUT2D eigenvalue weighted by atomic mass is 10.1. The molecule has 1 aromatic carbocycles. The normalized spacial score (nSPS) is 16.3. The maximum absolute atomic E-state index is 12.5. The first-order chi connectivity index (χ1) is 15.1. The van der Waals surface area contributed by atoms with Crippen LogP contribution in [0.3, 0.4) is 0 Å². The molecule has 0 saturated carbocycles. The first-order valence-corrected chi connectivity index (χ1v) is 10.5. The second-order valence-electron chi connectivity index (χ2n) is 7.44. The highest BCUT2D eigenvalue weighted by atomic mass is 16.5. The molecule has 8 nitrogen and oxygen atoms in total. The Morgan fingerprint density at radius 2 is 2.19 bits per heavy atom. The molecule has 164 valence electrons. The Morgan fingerprint density at radius 3 is 2.94 bits per heavy atom. The van der Waals surface area contributed by atoms with Crippen LogP contribution in [0.2, 0.25) is 0 Å². The highest BCUT2D eigenvalue weighted by molar-refractivity contribution is 6.04. The lowest BCUT2D eigenvalue weighted by Crippen LogP contribution is -2.32. The monoisotopic (exact) mass is 424 g/mol. The van der Waals surface area contributed by atoms with Crippen LogP contribution in [0.5, 0.6) is 0 Å². The van der Waals surface area contributed by atoms with E-state index in [9.17, 15) is 14.9 Å². The van der Waals surface area contributed by atoms with Crippen LogP contribution in [-0.4, -0.2) is 55.9 Å². The fraction of sp³-hybridized carbons (Fsp3) is 0.435. The van der Waals surface area contributed by atoms with Gasteiger partial charge in [0.2, 0.25) is 5.91 Å². The van der Waals surface area contributed by atoms with Gasteiger partial charge in [0.15, 0.2) is 0 Å². The minimum absolute atomic E-state index is 0.00760. The van der Waals surface area contributed by atoms with E-state index in [1.807, 2.05) is 34.9 Å². The molecule has 1 unspecified atom stereocenters. The Labute approximate surface area is 181 Å². The van der Waals surface area contributed by atoms with Gasteiger partial charge in [-0.1, -0.05) is 18.2 Å². The van der Waals surface area contributed by atoms with Gasteiger partial charge in [-0.3, -0.25) is 9.59 Å². The third-order valence-electron chi connectivity index (χ3n) is 5.16. The number of carbonyl (C=O) groups is 2. The molecule has 1 aliphatic rings. The van der Waals surface area contributed by atoms with Crippen molar-refractivity contribution in [2.24, 2.45) is 0 Å². The van der Waals surface area contributed by atoms with Gasteiger partial charge in [-0.25, -0.2) is 0 Å². The Kier molecular flexibility index (Phi) is 8.21. The predicted molar refractivity (Wildman–Crippen MR) is 117 cm³/mol. The molecule has 1 aromatic heterocycles. The van der Waals surface area contributed by atoms with Crippen molar-refractivity contribution in [3.05, 3.63) is 41.6 Å². The number of methoxy groups -OCH3 is 1. The summed E-state index contributed by atoms with van der Waals surface area (Å²) in [5.74, 6) is -0.534. The van der Waals surface area contributed by atoms with Crippen LogP contribution >= 0.6 is 0 Å². The van der Waals surface area contributed by atoms with Crippen molar-refractivity contribution in [3.8, 4) is 6.07 Å². The molecule has 1 aliphatic heterocycles. The third-order valence-corrected chi connectivity index (χ3v) is 5.16. The molecule has 1 fully saturated rings. The fourth-order valence-electron chi connectivity index (χ4n) is 3.59. The summed E-state index contributed by atoms with van der Waals surface area (Å²) in [5, 5.41) is 16.0. The van der Waals surface area contributed by atoms with Gasteiger partial charge >= 0.3 is 0 Å². The second kappa shape index (κ2) is 11.3. The van der Waals surface area contributed by atoms with Gasteiger partial charge < -0.3 is 24.7 Å². The molecular formula is C23H28N4O4. The molecular weight excluding hydrogens is 396 g/mol. The van der Waals surface area contributed by atoms with E-state index in [2.05, 4.69) is 10.6 Å². The van der Waals surface area contributed by atoms with Crippen LogP contribution in [0.25, 0.3) is 17.0 Å². The van der Waals surface area contributed by atoms with Crippen molar-refractivity contribution in [1.82, 2.24) is 15.2 Å². The van der Waals surface area contributed by atoms with Crippen LogP contribution < -0.4 is 10.6 Å². The molecule has 0 spiro atoms. The zero-order valence-corrected chi connectivity index (χ0v) is 17.7. The summed E-state index contributed by atoms with van der Waals surface area (Å²) in [7, 11) is 1.63. The number of hydrogen-bond acceptors (Lipinski definition) is 5. The summed E-state index contributed by atoms with van der Waals surface area (Å²) in [6.45, 7) is 2.38. The van der Waals surface area contributed by atoms with Crippen LogP contribution in [0.1, 0.15) is 24.8 Å². The smallest absolute Gasteiger partial charge is 0.262 e. The van der Waals surface area contributed by atoms with E-state index in [4.69, 9.17) is 9.47 Å². The minimum atomic E-state index is -0.425. The number of nitrogens with one attached hydrogen (secondary N) is 2. The van der Waals surface area contributed by atoms with Crippen molar-refractivity contribution in [1.29, 1.82) is 5.26 Å². The Hall–Kier alpha value is -3.15. The van der Waals surface area contributed by atoms with E-state index in [-0.39, 0.29) is 24.1 Å². The molecule has 0 aliphatic carbocycles. The topological polar surface area (TPSA) is 105 Å². The molecule has 0 radical (unpaired) electrons. The summed E-state index contributed by atoms with van der Waals surface area (Å²) < 4.78 is 12.3. The van der Waals surface area contributed by atoms with Gasteiger partial charge in [-0.2, -0.15) is 5.26 Å². The predicted octanol–water partition coefficient (Wildman–Crippen LogP) is 2.00. The van der Waals surface area contributed by atoms with Gasteiger partial charge in [-0.15, -0.1) is 0 Å². The molecule has 1 atom stereocenters. The lowest BCUT2D eigenvalue weighted by molar-refractivity contribution is -0.121. The Bertz CT molecular complexity index is 983. The number of aromatic nitrogens is 1. The summed E-state index contributed by atoms with van der Waals surface area (Å²) in [6.07, 6.45) is 6.01. The van der Waals surface area contributed by atoms with Gasteiger partial charge in [0.1, 0.15) is 18.2 Å². The Morgan fingerprint density at radius 1 is 1.35 bits per heavy atom. The molecule has 2 amide bonds. The molecule has 3 rings (SSSR count). The van der Waals surface area contributed by atoms with Crippen LogP contribution in [0.15, 0.2) is 36.0 Å². The number of nitriles is 1. The van der Waals surface area contributed by atoms with Crippen LogP contribution in [0.4, 0.5) is 0 Å². The van der Waals surface area contributed by atoms with Crippen molar-refractivity contribution < 1.29 is 19.1 Å². The number of nitrogens with zero attached hydrogens (tertiary/aromatic N) is 2. The second-order valence-corrected chi connectivity index (χ2v) is 7.44. The van der Waals surface area contributed by atoms with E-state index in [0.717, 1.165) is 30.2 Å². The zero-order valence-electron chi connectivity index (χ0n) is 17.7. The number of hydrogen-bond donors (Lipinski definition) is 2. The number of para-hydroxylation sites is 1. The molecule has 2 heterocycles. The number of rotatable bonds is 10. The quantitative estimate of drug-likeness (QED) is 0.345. The first-order valence-electron chi connectivity index (χ1n) is 10.5. The van der Waals surface area contributed by atoms with E-state index in [1.54, 1.807) is 19.4 Å². The molecule has 2 N–H and O–H groups in total. The highest BCUT2D eigenvalue weighted by Gasteiger charge is 2.18. The standard InChI is InChI=1S/C23H28N4O4/c1-30-10-5-9-25-22(28)16-27-15-18(20-7-2-3-8-21(20)27)12-17(13-24)23(29)26-14-19-6-4-11-31-19/h2-3,7-8,12,15,19H,4-6,9-11,14,16H2,1H3,(H,25,28)(H,26,29)/b17-12-. The average Bonchev–Trinajstić information content (AvgIpc) is 3.42. The summed E-state index contributed by atoms with van der Waals surface area (Å²) in [4.78, 5) is 24.8. The van der Waals surface area contributed by atoms with E-state index in [1.165, 1.54) is 0 Å². The largest absolute Gasteiger partial charge is 0.385 e. The number of carbonyl (C=O) groups excluding carboxylic acids is 2. The fourth-order valence-corrected chi connectivity index (χ4v) is 3.59. The summed E-state index contributed by atoms with van der Waals surface area (Å²) >= 11 is 0. The van der Waals surface area contributed by atoms with Crippen LogP contribution in [0, 0.1) is 11.3 Å². The third kappa shape index (κ3) is 6.17. The summed E-state index contributed by atoms with van der Waals surface area (Å²) in [6, 6.07) is 9.59. The number of benzene rings is 1. The lowest BCUT2D eigenvalue weighted by Gasteiger charge is -2.10. The van der Waals surface area contributed by atoms with Gasteiger partial charge in [0.05, 0.1) is 6.10 Å². The van der Waals surface area contributed by atoms with Gasteiger partial charge in [-0.05, 0) is 31.4 Å². The molecule has 0 bridgehead atoms. The van der Waals surface area contributed by atoms with E-state index >= 15 is 0 Å². The van der Waals surface area contributed by atoms with Gasteiger partial charge in [0, 0.05) is 56.1 Å². The summed E-state index contributed by atoms with van der Waals surface area (Å²) in [5.41, 5.74) is 1.59. The van der Waals surface area contributed by atoms with E-state index < -0.39 is 5.91 Å². The van der Waals surface area contributed by atoms with Gasteiger partial charge in [0.25, 0.3) is 5.91 Å². The highest BCUT2D eigenvalue weighted by Crippen LogP contribution is 2.23. The average molecular weight is 425 g/mol. The number of amides is 2. The first kappa shape index (κ1) is 22.5. The minimum Gasteiger partial charge on any atom is -0.385 e. The maximum Gasteiger partial charge on any atom is 0.262 e. The number of ether oxygens (including phenoxy) is 2. The molecule has 31 heavy (non-hydrogen) atoms. The molecule has 1 saturated heterocycles. The zero-order chi connectivity index (χ0) is 22.1. The van der Waals surface area contributed by atoms with Crippen molar-refractivity contribution >= 4 is 28.8 Å². The molecule has 8 heteroatoms. The molecule has 2 aromatic rings. The number of fused-ring (bicyclic) bond motifs is 1. The van der Waals surface area contributed by atoms with E-state index in [0.29, 0.717) is 31.9 Å². The van der Waals surface area contributed by atoms with Crippen molar-refractivity contribution in [2.75, 3.05) is 33.4 Å².